The van der Waals surface area contributed by atoms with Crippen molar-refractivity contribution in [3.63, 3.8) is 0 Å². The van der Waals surface area contributed by atoms with Gasteiger partial charge in [0.25, 0.3) is 5.91 Å². The zero-order valence-corrected chi connectivity index (χ0v) is 16.6. The van der Waals surface area contributed by atoms with Crippen molar-refractivity contribution < 1.29 is 14.3 Å². The predicted octanol–water partition coefficient (Wildman–Crippen LogP) is 3.81. The second-order valence-electron chi connectivity index (χ2n) is 6.25. The first-order valence-corrected chi connectivity index (χ1v) is 9.53. The molecule has 27 heavy (non-hydrogen) atoms. The summed E-state index contributed by atoms with van der Waals surface area (Å²) in [5.74, 6) is 0.559. The lowest BCUT2D eigenvalue weighted by molar-refractivity contribution is 0.0162. The molecule has 0 radical (unpaired) electrons. The van der Waals surface area contributed by atoms with Crippen LogP contribution in [0.1, 0.15) is 22.0 Å². The van der Waals surface area contributed by atoms with Gasteiger partial charge in [-0.05, 0) is 29.8 Å². The fourth-order valence-corrected chi connectivity index (χ4v) is 3.52. The van der Waals surface area contributed by atoms with E-state index in [1.807, 2.05) is 24.3 Å². The number of ether oxygens (including phenoxy) is 2. The molecule has 5 nitrogen and oxygen atoms in total. The zero-order valence-electron chi connectivity index (χ0n) is 15.1. The number of morpholine rings is 1. The van der Waals surface area contributed by atoms with Crippen LogP contribution < -0.4 is 10.1 Å². The van der Waals surface area contributed by atoms with Gasteiger partial charge in [0.1, 0.15) is 5.75 Å². The molecule has 0 unspecified atom stereocenters. The number of hydrogen-bond donors (Lipinski definition) is 1. The Bertz CT molecular complexity index is 777. The van der Waals surface area contributed by atoms with Crippen LogP contribution >= 0.6 is 23.2 Å². The number of carbonyl (C=O) groups is 1. The molecule has 1 atom stereocenters. The Morgan fingerprint density at radius 1 is 1.19 bits per heavy atom. The van der Waals surface area contributed by atoms with Crippen LogP contribution in [0.15, 0.2) is 42.5 Å². The van der Waals surface area contributed by atoms with E-state index in [1.165, 1.54) is 0 Å². The number of methoxy groups -OCH3 is 1. The Labute approximate surface area is 169 Å². The molecule has 1 amide bonds. The average Bonchev–Trinajstić information content (AvgIpc) is 2.71. The normalized spacial score (nSPS) is 16.0. The van der Waals surface area contributed by atoms with E-state index in [0.717, 1.165) is 24.4 Å². The number of nitrogens with one attached hydrogen (secondary N) is 1. The van der Waals surface area contributed by atoms with E-state index in [1.54, 1.807) is 25.3 Å². The van der Waals surface area contributed by atoms with Gasteiger partial charge in [0.05, 0.1) is 42.0 Å². The summed E-state index contributed by atoms with van der Waals surface area (Å²) in [5.41, 5.74) is 1.48. The third kappa shape index (κ3) is 4.93. The maximum Gasteiger partial charge on any atom is 0.252 e. The Kier molecular flexibility index (Phi) is 6.96. The van der Waals surface area contributed by atoms with Crippen molar-refractivity contribution >= 4 is 29.1 Å². The minimum Gasteiger partial charge on any atom is -0.497 e. The van der Waals surface area contributed by atoms with Gasteiger partial charge < -0.3 is 14.8 Å². The fourth-order valence-electron chi connectivity index (χ4n) is 3.14. The number of rotatable bonds is 6. The van der Waals surface area contributed by atoms with Crippen molar-refractivity contribution in [2.45, 2.75) is 6.04 Å². The molecular formula is C20H22Cl2N2O3. The van der Waals surface area contributed by atoms with Crippen molar-refractivity contribution in [3.8, 4) is 5.75 Å². The van der Waals surface area contributed by atoms with Crippen molar-refractivity contribution in [1.82, 2.24) is 10.2 Å². The summed E-state index contributed by atoms with van der Waals surface area (Å²) < 4.78 is 10.7. The summed E-state index contributed by atoms with van der Waals surface area (Å²) in [6, 6.07) is 13.0. The standard InChI is InChI=1S/C20H22Cl2N2O3/c1-26-15-7-5-14(6-8-15)18(24-9-11-27-12-10-24)13-23-20(25)16-3-2-4-17(21)19(16)22/h2-8,18H,9-13H2,1H3,(H,23,25)/t18-/m0/s1. The molecule has 2 aromatic rings. The monoisotopic (exact) mass is 408 g/mol. The van der Waals surface area contributed by atoms with Gasteiger partial charge >= 0.3 is 0 Å². The molecule has 1 aliphatic rings. The Hall–Kier alpha value is -1.79. The van der Waals surface area contributed by atoms with Gasteiger partial charge in [-0.25, -0.2) is 0 Å². The van der Waals surface area contributed by atoms with E-state index in [9.17, 15) is 4.79 Å². The minimum absolute atomic E-state index is 0.0294. The Morgan fingerprint density at radius 2 is 1.89 bits per heavy atom. The van der Waals surface area contributed by atoms with Crippen LogP contribution in [0.25, 0.3) is 0 Å². The van der Waals surface area contributed by atoms with Gasteiger partial charge in [0.15, 0.2) is 0 Å². The molecule has 1 fully saturated rings. The van der Waals surface area contributed by atoms with Gasteiger partial charge in [0, 0.05) is 19.6 Å². The molecule has 0 spiro atoms. The van der Waals surface area contributed by atoms with Crippen LogP contribution in [0, 0.1) is 0 Å². The van der Waals surface area contributed by atoms with Crippen molar-refractivity contribution in [3.05, 3.63) is 63.6 Å². The predicted molar refractivity (Wildman–Crippen MR) is 107 cm³/mol. The van der Waals surface area contributed by atoms with Crippen LogP contribution in [0.3, 0.4) is 0 Å². The highest BCUT2D eigenvalue weighted by Crippen LogP contribution is 2.26. The van der Waals surface area contributed by atoms with E-state index in [-0.39, 0.29) is 17.0 Å². The summed E-state index contributed by atoms with van der Waals surface area (Å²) in [7, 11) is 1.64. The first-order chi connectivity index (χ1) is 13.1. The summed E-state index contributed by atoms with van der Waals surface area (Å²) in [5, 5.41) is 3.63. The molecule has 1 N–H and O–H groups in total. The summed E-state index contributed by atoms with van der Waals surface area (Å²) in [4.78, 5) is 14.9. The summed E-state index contributed by atoms with van der Waals surface area (Å²) >= 11 is 12.2. The molecule has 2 aromatic carbocycles. The summed E-state index contributed by atoms with van der Waals surface area (Å²) in [6.45, 7) is 3.43. The Morgan fingerprint density at radius 3 is 2.56 bits per heavy atom. The molecule has 1 heterocycles. The smallest absolute Gasteiger partial charge is 0.252 e. The van der Waals surface area contributed by atoms with Crippen LogP contribution in [-0.4, -0.2) is 50.8 Å². The van der Waals surface area contributed by atoms with Crippen molar-refractivity contribution in [2.75, 3.05) is 40.0 Å². The number of nitrogens with zero attached hydrogens (tertiary/aromatic N) is 1. The van der Waals surface area contributed by atoms with E-state index in [0.29, 0.717) is 30.3 Å². The lowest BCUT2D eigenvalue weighted by Crippen LogP contribution is -2.43. The highest BCUT2D eigenvalue weighted by molar-refractivity contribution is 6.43. The van der Waals surface area contributed by atoms with Gasteiger partial charge in [-0.1, -0.05) is 41.4 Å². The molecule has 1 aliphatic heterocycles. The van der Waals surface area contributed by atoms with Crippen LogP contribution in [-0.2, 0) is 4.74 Å². The average molecular weight is 409 g/mol. The van der Waals surface area contributed by atoms with Crippen LogP contribution in [0.2, 0.25) is 10.0 Å². The van der Waals surface area contributed by atoms with Crippen molar-refractivity contribution in [1.29, 1.82) is 0 Å². The number of halogens is 2. The minimum atomic E-state index is -0.241. The topological polar surface area (TPSA) is 50.8 Å². The first kappa shape index (κ1) is 20.0. The van der Waals surface area contributed by atoms with Gasteiger partial charge in [-0.2, -0.15) is 0 Å². The lowest BCUT2D eigenvalue weighted by atomic mass is 10.0. The molecular weight excluding hydrogens is 387 g/mol. The first-order valence-electron chi connectivity index (χ1n) is 8.78. The number of hydrogen-bond acceptors (Lipinski definition) is 4. The molecule has 7 heteroatoms. The largest absolute Gasteiger partial charge is 0.497 e. The highest BCUT2D eigenvalue weighted by atomic mass is 35.5. The van der Waals surface area contributed by atoms with Gasteiger partial charge in [-0.3, -0.25) is 9.69 Å². The number of amides is 1. The molecule has 0 bridgehead atoms. The number of carbonyl (C=O) groups excluding carboxylic acids is 1. The van der Waals surface area contributed by atoms with E-state index < -0.39 is 0 Å². The third-order valence-corrected chi connectivity index (χ3v) is 5.46. The molecule has 0 aliphatic carbocycles. The molecule has 1 saturated heterocycles. The quantitative estimate of drug-likeness (QED) is 0.789. The second kappa shape index (κ2) is 9.42. The molecule has 0 aromatic heterocycles. The SMILES string of the molecule is COc1ccc([C@H](CNC(=O)c2cccc(Cl)c2Cl)N2CCOCC2)cc1. The lowest BCUT2D eigenvalue weighted by Gasteiger charge is -2.35. The van der Waals surface area contributed by atoms with E-state index in [4.69, 9.17) is 32.7 Å². The van der Waals surface area contributed by atoms with Crippen molar-refractivity contribution in [2.24, 2.45) is 0 Å². The molecule has 0 saturated carbocycles. The van der Waals surface area contributed by atoms with Crippen LogP contribution in [0.5, 0.6) is 5.75 Å². The van der Waals surface area contributed by atoms with E-state index >= 15 is 0 Å². The fraction of sp³-hybridized carbons (Fsp3) is 0.350. The third-order valence-electron chi connectivity index (χ3n) is 4.64. The Balaban J connectivity index is 1.76. The zero-order chi connectivity index (χ0) is 19.2. The van der Waals surface area contributed by atoms with Gasteiger partial charge in [0.2, 0.25) is 0 Å². The van der Waals surface area contributed by atoms with Crippen LogP contribution in [0.4, 0.5) is 0 Å². The molecule has 3 rings (SSSR count). The number of benzene rings is 2. The molecule has 144 valence electrons. The summed E-state index contributed by atoms with van der Waals surface area (Å²) in [6.07, 6.45) is 0. The van der Waals surface area contributed by atoms with Gasteiger partial charge in [-0.15, -0.1) is 0 Å². The second-order valence-corrected chi connectivity index (χ2v) is 7.03. The maximum atomic E-state index is 12.6. The maximum absolute atomic E-state index is 12.6. The highest BCUT2D eigenvalue weighted by Gasteiger charge is 2.24. The van der Waals surface area contributed by atoms with E-state index in [2.05, 4.69) is 10.2 Å².